The summed E-state index contributed by atoms with van der Waals surface area (Å²) in [6, 6.07) is 0.185. The van der Waals surface area contributed by atoms with Gasteiger partial charge in [-0.05, 0) is 38.0 Å². The highest BCUT2D eigenvalue weighted by Crippen LogP contribution is 2.39. The summed E-state index contributed by atoms with van der Waals surface area (Å²) in [6.07, 6.45) is 11.1. The van der Waals surface area contributed by atoms with Gasteiger partial charge >= 0.3 is 5.97 Å². The number of hydrogen-bond acceptors (Lipinski definition) is 3. The molecule has 5 nitrogen and oxygen atoms in total. The summed E-state index contributed by atoms with van der Waals surface area (Å²) in [6.45, 7) is 0.283. The number of likely N-dealkylation sites (tertiary alicyclic amines) is 1. The average Bonchev–Trinajstić information content (AvgIpc) is 2.94. The molecule has 0 aromatic rings. The maximum Gasteiger partial charge on any atom is 0.320 e. The molecule has 0 radical (unpaired) electrons. The highest BCUT2D eigenvalue weighted by atomic mass is 16.4. The van der Waals surface area contributed by atoms with E-state index in [1.54, 1.807) is 0 Å². The van der Waals surface area contributed by atoms with Crippen LogP contribution in [0.25, 0.3) is 0 Å². The van der Waals surface area contributed by atoms with Gasteiger partial charge in [-0.15, -0.1) is 0 Å². The van der Waals surface area contributed by atoms with Gasteiger partial charge in [0.1, 0.15) is 6.04 Å². The van der Waals surface area contributed by atoms with Crippen LogP contribution in [0.15, 0.2) is 0 Å². The summed E-state index contributed by atoms with van der Waals surface area (Å²) in [5.74, 6) is -0.181. The molecule has 3 fully saturated rings. The average molecular weight is 322 g/mol. The van der Waals surface area contributed by atoms with Crippen molar-refractivity contribution in [2.24, 2.45) is 5.92 Å². The van der Waals surface area contributed by atoms with E-state index in [2.05, 4.69) is 0 Å². The van der Waals surface area contributed by atoms with Crippen LogP contribution < -0.4 is 0 Å². The predicted molar refractivity (Wildman–Crippen MR) is 88.1 cm³/mol. The molecule has 0 spiro atoms. The van der Waals surface area contributed by atoms with E-state index in [9.17, 15) is 14.7 Å². The number of carbonyl (C=O) groups is 2. The number of fused-ring (bicyclic) bond motifs is 1. The third-order valence-corrected chi connectivity index (χ3v) is 6.34. The molecule has 2 aliphatic carbocycles. The molecule has 3 rings (SSSR count). The molecule has 0 bridgehead atoms. The summed E-state index contributed by atoms with van der Waals surface area (Å²) >= 11 is 0. The number of carboxylic acid groups (broad SMARTS) is 1. The first-order valence-corrected chi connectivity index (χ1v) is 9.32. The molecule has 5 heteroatoms. The van der Waals surface area contributed by atoms with Gasteiger partial charge in [0, 0.05) is 19.1 Å². The van der Waals surface area contributed by atoms with Crippen LogP contribution in [0, 0.1) is 5.92 Å². The quantitative estimate of drug-likeness (QED) is 0.864. The van der Waals surface area contributed by atoms with Crippen molar-refractivity contribution >= 4 is 11.9 Å². The van der Waals surface area contributed by atoms with E-state index in [1.165, 1.54) is 25.7 Å². The Morgan fingerprint density at radius 3 is 2.39 bits per heavy atom. The van der Waals surface area contributed by atoms with Crippen LogP contribution in [0.2, 0.25) is 0 Å². The van der Waals surface area contributed by atoms with Crippen LogP contribution >= 0.6 is 0 Å². The van der Waals surface area contributed by atoms with Gasteiger partial charge in [0.15, 0.2) is 0 Å². The summed E-state index contributed by atoms with van der Waals surface area (Å²) in [5.41, 5.74) is 0. The number of carbonyl (C=O) groups excluding carboxylic acids is 1. The number of rotatable bonds is 4. The standard InChI is InChI=1S/C18H30N2O3/c1-19(14-8-3-2-4-9-14)17(21)12-20-15-10-6-5-7-13(15)11-16(20)18(22)23/h13-16H,2-12H2,1H3,(H,22,23)/t13-,15+,16-/m0/s1. The van der Waals surface area contributed by atoms with Gasteiger partial charge in [0.2, 0.25) is 5.91 Å². The van der Waals surface area contributed by atoms with E-state index in [-0.39, 0.29) is 12.5 Å². The van der Waals surface area contributed by atoms with Gasteiger partial charge in [-0.25, -0.2) is 0 Å². The molecular formula is C18H30N2O3. The third-order valence-electron chi connectivity index (χ3n) is 6.34. The Morgan fingerprint density at radius 2 is 1.70 bits per heavy atom. The van der Waals surface area contributed by atoms with Crippen molar-refractivity contribution in [1.29, 1.82) is 0 Å². The second-order valence-electron chi connectivity index (χ2n) is 7.67. The number of nitrogens with zero attached hydrogens (tertiary/aromatic N) is 2. The smallest absolute Gasteiger partial charge is 0.320 e. The Kier molecular flexibility index (Phi) is 5.24. The van der Waals surface area contributed by atoms with Gasteiger partial charge in [-0.2, -0.15) is 0 Å². The molecule has 3 aliphatic rings. The normalized spacial score (nSPS) is 32.5. The molecule has 3 atom stereocenters. The van der Waals surface area contributed by atoms with Crippen LogP contribution in [-0.4, -0.2) is 58.5 Å². The maximum atomic E-state index is 12.7. The maximum absolute atomic E-state index is 12.7. The van der Waals surface area contributed by atoms with E-state index >= 15 is 0 Å². The fourth-order valence-corrected chi connectivity index (χ4v) is 4.96. The first-order chi connectivity index (χ1) is 11.1. The highest BCUT2D eigenvalue weighted by molar-refractivity contribution is 5.80. The van der Waals surface area contributed by atoms with Gasteiger partial charge < -0.3 is 10.0 Å². The van der Waals surface area contributed by atoms with E-state index in [0.717, 1.165) is 38.5 Å². The summed E-state index contributed by atoms with van der Waals surface area (Å²) in [7, 11) is 1.91. The number of amides is 1. The van der Waals surface area contributed by atoms with Crippen molar-refractivity contribution in [2.45, 2.75) is 82.3 Å². The lowest BCUT2D eigenvalue weighted by molar-refractivity contribution is -0.144. The molecule has 1 N–H and O–H groups in total. The Morgan fingerprint density at radius 1 is 1.04 bits per heavy atom. The fourth-order valence-electron chi connectivity index (χ4n) is 4.96. The lowest BCUT2D eigenvalue weighted by Gasteiger charge is -2.36. The van der Waals surface area contributed by atoms with E-state index in [1.807, 2.05) is 16.8 Å². The molecule has 0 aromatic heterocycles. The highest BCUT2D eigenvalue weighted by Gasteiger charge is 2.46. The van der Waals surface area contributed by atoms with E-state index in [0.29, 0.717) is 18.0 Å². The molecule has 0 aromatic carbocycles. The number of aliphatic carboxylic acids is 1. The van der Waals surface area contributed by atoms with Crippen LogP contribution in [-0.2, 0) is 9.59 Å². The molecule has 23 heavy (non-hydrogen) atoms. The second kappa shape index (κ2) is 7.20. The summed E-state index contributed by atoms with van der Waals surface area (Å²) < 4.78 is 0. The minimum absolute atomic E-state index is 0.106. The van der Waals surface area contributed by atoms with Crippen molar-refractivity contribution in [2.75, 3.05) is 13.6 Å². The minimum Gasteiger partial charge on any atom is -0.480 e. The SMILES string of the molecule is CN(C(=O)CN1[C@@H]2CCCC[C@H]2C[C@H]1C(=O)O)C1CCCCC1. The molecule has 130 valence electrons. The molecule has 0 unspecified atom stereocenters. The predicted octanol–water partition coefficient (Wildman–Crippen LogP) is 2.50. The first kappa shape index (κ1) is 16.7. The van der Waals surface area contributed by atoms with Crippen LogP contribution in [0.3, 0.4) is 0 Å². The monoisotopic (exact) mass is 322 g/mol. The molecule has 1 amide bonds. The van der Waals surface area contributed by atoms with Gasteiger partial charge in [-0.1, -0.05) is 32.1 Å². The second-order valence-corrected chi connectivity index (χ2v) is 7.67. The third kappa shape index (κ3) is 3.54. The molecule has 1 saturated heterocycles. The largest absolute Gasteiger partial charge is 0.480 e. The molecule has 1 heterocycles. The van der Waals surface area contributed by atoms with Crippen molar-refractivity contribution in [3.05, 3.63) is 0 Å². The summed E-state index contributed by atoms with van der Waals surface area (Å²) in [5, 5.41) is 9.56. The van der Waals surface area contributed by atoms with Crippen molar-refractivity contribution in [3.8, 4) is 0 Å². The Balaban J connectivity index is 1.65. The molecular weight excluding hydrogens is 292 g/mol. The first-order valence-electron chi connectivity index (χ1n) is 9.32. The molecule has 2 saturated carbocycles. The summed E-state index contributed by atoms with van der Waals surface area (Å²) in [4.78, 5) is 28.3. The lowest BCUT2D eigenvalue weighted by Crippen LogP contribution is -2.50. The van der Waals surface area contributed by atoms with Crippen LogP contribution in [0.1, 0.15) is 64.2 Å². The van der Waals surface area contributed by atoms with E-state index < -0.39 is 12.0 Å². The fraction of sp³-hybridized carbons (Fsp3) is 0.889. The van der Waals surface area contributed by atoms with Crippen LogP contribution in [0.4, 0.5) is 0 Å². The van der Waals surface area contributed by atoms with Gasteiger partial charge in [-0.3, -0.25) is 14.5 Å². The van der Waals surface area contributed by atoms with Crippen LogP contribution in [0.5, 0.6) is 0 Å². The Bertz CT molecular complexity index is 448. The van der Waals surface area contributed by atoms with Crippen molar-refractivity contribution in [1.82, 2.24) is 9.80 Å². The Hall–Kier alpha value is -1.10. The van der Waals surface area contributed by atoms with Crippen molar-refractivity contribution in [3.63, 3.8) is 0 Å². The van der Waals surface area contributed by atoms with Crippen molar-refractivity contribution < 1.29 is 14.7 Å². The van der Waals surface area contributed by atoms with Gasteiger partial charge in [0.25, 0.3) is 0 Å². The minimum atomic E-state index is -0.757. The molecule has 1 aliphatic heterocycles. The van der Waals surface area contributed by atoms with E-state index in [4.69, 9.17) is 0 Å². The zero-order valence-corrected chi connectivity index (χ0v) is 14.2. The number of likely N-dealkylation sites (N-methyl/N-ethyl adjacent to an activating group) is 1. The zero-order chi connectivity index (χ0) is 16.4. The number of hydrogen-bond donors (Lipinski definition) is 1. The Labute approximate surface area is 139 Å². The zero-order valence-electron chi connectivity index (χ0n) is 14.2. The number of carboxylic acids is 1. The van der Waals surface area contributed by atoms with Gasteiger partial charge in [0.05, 0.1) is 6.54 Å². The topological polar surface area (TPSA) is 60.9 Å². The lowest BCUT2D eigenvalue weighted by atomic mass is 9.85.